The topological polar surface area (TPSA) is 90.8 Å². The van der Waals surface area contributed by atoms with E-state index in [1.54, 1.807) is 24.0 Å². The molecule has 4 rings (SSSR count). The summed E-state index contributed by atoms with van der Waals surface area (Å²) in [4.78, 5) is 19.4. The van der Waals surface area contributed by atoms with Gasteiger partial charge in [0.1, 0.15) is 11.2 Å². The summed E-state index contributed by atoms with van der Waals surface area (Å²) in [7, 11) is -3.90. The van der Waals surface area contributed by atoms with Crippen LogP contribution in [-0.2, 0) is 33.6 Å². The summed E-state index contributed by atoms with van der Waals surface area (Å²) in [5.74, 6) is -0.574. The van der Waals surface area contributed by atoms with Gasteiger partial charge in [0.05, 0.1) is 15.9 Å². The van der Waals surface area contributed by atoms with Crippen molar-refractivity contribution in [3.63, 3.8) is 0 Å². The number of sulfone groups is 1. The number of piperazine rings is 1. The van der Waals surface area contributed by atoms with Crippen LogP contribution >= 0.6 is 0 Å². The number of anilines is 1. The number of carbonyl (C=O) groups is 1. The number of halogens is 3. The smallest absolute Gasteiger partial charge is 0.417 e. The SMILES string of the molecule is C=CC(N1CCN(c2ccc(C(F)(F)F)cn2)CC1)S(=O)(=O)c1cccc2c1CC(C)(C(=O)O)C2. The van der Waals surface area contributed by atoms with E-state index in [-0.39, 0.29) is 17.7 Å². The van der Waals surface area contributed by atoms with Crippen molar-refractivity contribution in [1.82, 2.24) is 9.88 Å². The number of aromatic nitrogens is 1. The Kier molecular flexibility index (Phi) is 6.43. The molecule has 1 N–H and O–H groups in total. The van der Waals surface area contributed by atoms with Crippen LogP contribution in [-0.4, -0.2) is 60.9 Å². The minimum atomic E-state index is -4.46. The third-order valence-corrected chi connectivity index (χ3v) is 8.92. The molecule has 2 unspecified atom stereocenters. The molecule has 188 valence electrons. The highest BCUT2D eigenvalue weighted by atomic mass is 32.2. The van der Waals surface area contributed by atoms with Crippen molar-refractivity contribution < 1.29 is 31.5 Å². The molecule has 1 aromatic heterocycles. The minimum absolute atomic E-state index is 0.122. The zero-order chi connectivity index (χ0) is 25.6. The van der Waals surface area contributed by atoms with Crippen LogP contribution in [0.15, 0.2) is 54.1 Å². The van der Waals surface area contributed by atoms with Gasteiger partial charge in [-0.3, -0.25) is 9.69 Å². The third-order valence-electron chi connectivity index (χ3n) is 6.79. The monoisotopic (exact) mass is 509 g/mol. The molecular weight excluding hydrogens is 483 g/mol. The van der Waals surface area contributed by atoms with Crippen LogP contribution < -0.4 is 4.90 Å². The lowest BCUT2D eigenvalue weighted by molar-refractivity contribution is -0.147. The predicted octanol–water partition coefficient (Wildman–Crippen LogP) is 3.40. The maximum absolute atomic E-state index is 13.7. The van der Waals surface area contributed by atoms with Crippen LogP contribution in [0.3, 0.4) is 0 Å². The first-order chi connectivity index (χ1) is 16.4. The van der Waals surface area contributed by atoms with Crippen LogP contribution in [0.2, 0.25) is 0 Å². The molecule has 2 heterocycles. The van der Waals surface area contributed by atoms with Gasteiger partial charge < -0.3 is 10.0 Å². The Labute approximate surface area is 201 Å². The molecule has 1 fully saturated rings. The summed E-state index contributed by atoms with van der Waals surface area (Å²) in [5, 5.41) is 8.61. The van der Waals surface area contributed by atoms with E-state index in [9.17, 15) is 31.5 Å². The number of hydrogen-bond donors (Lipinski definition) is 1. The molecule has 0 amide bonds. The fourth-order valence-corrected chi connectivity index (χ4v) is 6.75. The summed E-state index contributed by atoms with van der Waals surface area (Å²) in [6.07, 6.45) is -1.91. The third kappa shape index (κ3) is 4.66. The van der Waals surface area contributed by atoms with Crippen LogP contribution in [0.25, 0.3) is 0 Å². The quantitative estimate of drug-likeness (QED) is 0.597. The molecule has 1 saturated heterocycles. The Morgan fingerprint density at radius 2 is 1.86 bits per heavy atom. The Balaban J connectivity index is 1.52. The normalized spacial score (nSPS) is 22.0. The Hall–Kier alpha value is -2.92. The van der Waals surface area contributed by atoms with Gasteiger partial charge >= 0.3 is 12.1 Å². The van der Waals surface area contributed by atoms with Gasteiger partial charge in [0.15, 0.2) is 9.84 Å². The number of benzene rings is 1. The number of carboxylic acid groups (broad SMARTS) is 1. The average molecular weight is 510 g/mol. The van der Waals surface area contributed by atoms with E-state index in [4.69, 9.17) is 0 Å². The van der Waals surface area contributed by atoms with E-state index in [0.29, 0.717) is 37.6 Å². The zero-order valence-corrected chi connectivity index (χ0v) is 19.9. The maximum atomic E-state index is 13.7. The van der Waals surface area contributed by atoms with Crippen molar-refractivity contribution in [2.24, 2.45) is 5.41 Å². The van der Waals surface area contributed by atoms with Gasteiger partial charge in [-0.15, -0.1) is 6.58 Å². The Morgan fingerprint density at radius 1 is 1.17 bits per heavy atom. The van der Waals surface area contributed by atoms with Gasteiger partial charge in [0, 0.05) is 32.4 Å². The molecule has 2 aromatic rings. The van der Waals surface area contributed by atoms with Crippen LogP contribution in [0.5, 0.6) is 0 Å². The summed E-state index contributed by atoms with van der Waals surface area (Å²) in [5.41, 5.74) is -0.626. The molecule has 2 aliphatic rings. The second-order valence-corrected chi connectivity index (χ2v) is 11.2. The van der Waals surface area contributed by atoms with Gasteiger partial charge in [0.25, 0.3) is 0 Å². The van der Waals surface area contributed by atoms with E-state index in [0.717, 1.165) is 17.8 Å². The summed E-state index contributed by atoms with van der Waals surface area (Å²) >= 11 is 0. The van der Waals surface area contributed by atoms with Gasteiger partial charge in [-0.1, -0.05) is 18.2 Å². The molecule has 1 aliphatic heterocycles. The number of hydrogen-bond acceptors (Lipinski definition) is 6. The van der Waals surface area contributed by atoms with Crippen molar-refractivity contribution in [3.8, 4) is 0 Å². The largest absolute Gasteiger partial charge is 0.481 e. The number of aliphatic carboxylic acids is 1. The first-order valence-electron chi connectivity index (χ1n) is 11.1. The van der Waals surface area contributed by atoms with Crippen molar-refractivity contribution >= 4 is 21.6 Å². The van der Waals surface area contributed by atoms with Crippen LogP contribution in [0.1, 0.15) is 23.6 Å². The molecule has 0 saturated carbocycles. The lowest BCUT2D eigenvalue weighted by atomic mass is 9.88. The van der Waals surface area contributed by atoms with E-state index in [1.807, 2.05) is 4.90 Å². The zero-order valence-electron chi connectivity index (χ0n) is 19.1. The number of fused-ring (bicyclic) bond motifs is 1. The molecule has 0 radical (unpaired) electrons. The summed E-state index contributed by atoms with van der Waals surface area (Å²) in [6, 6.07) is 7.20. The number of carboxylic acids is 1. The first-order valence-corrected chi connectivity index (χ1v) is 12.6. The van der Waals surface area contributed by atoms with E-state index in [1.165, 1.54) is 18.2 Å². The minimum Gasteiger partial charge on any atom is -0.481 e. The van der Waals surface area contributed by atoms with Gasteiger partial charge in [-0.2, -0.15) is 13.2 Å². The molecule has 0 bridgehead atoms. The molecule has 2 atom stereocenters. The molecule has 11 heteroatoms. The van der Waals surface area contributed by atoms with E-state index < -0.39 is 38.3 Å². The van der Waals surface area contributed by atoms with E-state index >= 15 is 0 Å². The van der Waals surface area contributed by atoms with Crippen LogP contribution in [0.4, 0.5) is 19.0 Å². The van der Waals surface area contributed by atoms with Crippen molar-refractivity contribution in [1.29, 1.82) is 0 Å². The molecule has 1 aromatic carbocycles. The second kappa shape index (κ2) is 8.94. The van der Waals surface area contributed by atoms with Crippen molar-refractivity contribution in [3.05, 3.63) is 65.9 Å². The summed E-state index contributed by atoms with van der Waals surface area (Å²) < 4.78 is 65.8. The first kappa shape index (κ1) is 25.2. The highest BCUT2D eigenvalue weighted by molar-refractivity contribution is 7.92. The lowest BCUT2D eigenvalue weighted by Gasteiger charge is -2.38. The predicted molar refractivity (Wildman–Crippen MR) is 124 cm³/mol. The van der Waals surface area contributed by atoms with Crippen LogP contribution in [0, 0.1) is 5.41 Å². The highest BCUT2D eigenvalue weighted by Crippen LogP contribution is 2.41. The van der Waals surface area contributed by atoms with Gasteiger partial charge in [-0.05, 0) is 49.1 Å². The lowest BCUT2D eigenvalue weighted by Crippen LogP contribution is -2.52. The molecule has 35 heavy (non-hydrogen) atoms. The second-order valence-electron chi connectivity index (χ2n) is 9.21. The van der Waals surface area contributed by atoms with Gasteiger partial charge in [0.2, 0.25) is 0 Å². The molecule has 1 aliphatic carbocycles. The number of alkyl halides is 3. The summed E-state index contributed by atoms with van der Waals surface area (Å²) in [6.45, 7) is 6.78. The van der Waals surface area contributed by atoms with Gasteiger partial charge in [-0.25, -0.2) is 13.4 Å². The fraction of sp³-hybridized carbons (Fsp3) is 0.417. The van der Waals surface area contributed by atoms with E-state index in [2.05, 4.69) is 11.6 Å². The van der Waals surface area contributed by atoms with Crippen molar-refractivity contribution in [2.75, 3.05) is 31.1 Å². The maximum Gasteiger partial charge on any atom is 0.417 e. The number of rotatable bonds is 6. The average Bonchev–Trinajstić information content (AvgIpc) is 3.17. The Morgan fingerprint density at radius 3 is 2.40 bits per heavy atom. The fourth-order valence-electron chi connectivity index (χ4n) is 4.82. The number of pyridine rings is 1. The molecule has 7 nitrogen and oxygen atoms in total. The molecular formula is C24H26F3N3O4S. The number of nitrogens with zero attached hydrogens (tertiary/aromatic N) is 3. The molecule has 0 spiro atoms. The van der Waals surface area contributed by atoms with Crippen molar-refractivity contribution in [2.45, 2.75) is 36.2 Å². The Bertz CT molecular complexity index is 1240. The highest BCUT2D eigenvalue weighted by Gasteiger charge is 2.43. The standard InChI is InChI=1S/C24H26F3N3O4S/c1-3-21(30-11-9-29(10-12-30)20-8-7-17(15-28-20)24(25,26)27)35(33,34)19-6-4-5-16-13-23(2,22(31)32)14-18(16)19/h3-8,15,21H,1,9-14H2,2H3,(H,31,32).